The molecule has 2 atom stereocenters. The van der Waals surface area contributed by atoms with Crippen LogP contribution < -0.4 is 10.6 Å². The Hall–Kier alpha value is -3.32. The summed E-state index contributed by atoms with van der Waals surface area (Å²) >= 11 is 0. The zero-order valence-corrected chi connectivity index (χ0v) is 19.7. The van der Waals surface area contributed by atoms with Crippen LogP contribution in [0.4, 0.5) is 5.69 Å². The summed E-state index contributed by atoms with van der Waals surface area (Å²) in [7, 11) is 0. The lowest BCUT2D eigenvalue weighted by molar-refractivity contribution is -0.123. The molecular formula is C30H33N3O. The van der Waals surface area contributed by atoms with E-state index in [9.17, 15) is 10.1 Å². The molecule has 4 nitrogen and oxygen atoms in total. The highest BCUT2D eigenvalue weighted by molar-refractivity contribution is 5.99. The Morgan fingerprint density at radius 2 is 1.68 bits per heavy atom. The summed E-state index contributed by atoms with van der Waals surface area (Å²) < 4.78 is 0. The van der Waals surface area contributed by atoms with Crippen LogP contribution in [-0.4, -0.2) is 11.9 Å². The molecule has 0 unspecified atom stereocenters. The second kappa shape index (κ2) is 10.3. The number of rotatable bonds is 6. The fourth-order valence-electron chi connectivity index (χ4n) is 5.87. The van der Waals surface area contributed by atoms with Gasteiger partial charge in [-0.2, -0.15) is 5.26 Å². The van der Waals surface area contributed by atoms with Crippen molar-refractivity contribution in [3.8, 4) is 6.07 Å². The molecule has 5 rings (SSSR count). The molecule has 174 valence electrons. The van der Waals surface area contributed by atoms with Crippen LogP contribution in [0.15, 0.2) is 60.7 Å². The molecule has 0 spiro atoms. The molecule has 0 bridgehead atoms. The molecule has 4 heteroatoms. The molecule has 1 amide bonds. The van der Waals surface area contributed by atoms with Crippen molar-refractivity contribution < 1.29 is 4.79 Å². The minimum absolute atomic E-state index is 0.0748. The maximum Gasteiger partial charge on any atom is 0.242 e. The zero-order chi connectivity index (χ0) is 23.3. The van der Waals surface area contributed by atoms with Gasteiger partial charge in [0, 0.05) is 16.5 Å². The molecule has 2 N–H and O–H groups in total. The monoisotopic (exact) mass is 451 g/mol. The number of carbonyl (C=O) groups excluding carboxylic acids is 1. The quantitative estimate of drug-likeness (QED) is 0.441. The van der Waals surface area contributed by atoms with Crippen LogP contribution in [0.25, 0.3) is 10.8 Å². The van der Waals surface area contributed by atoms with E-state index in [0.717, 1.165) is 42.1 Å². The summed E-state index contributed by atoms with van der Waals surface area (Å²) in [5, 5.41) is 18.5. The Bertz CT molecular complexity index is 1210. The van der Waals surface area contributed by atoms with Gasteiger partial charge in [0.15, 0.2) is 0 Å². The fourth-order valence-corrected chi connectivity index (χ4v) is 5.87. The van der Waals surface area contributed by atoms with Crippen molar-refractivity contribution in [1.29, 1.82) is 5.26 Å². The van der Waals surface area contributed by atoms with Gasteiger partial charge < -0.3 is 10.6 Å². The third-order valence-electron chi connectivity index (χ3n) is 7.67. The average molecular weight is 452 g/mol. The minimum Gasteiger partial charge on any atom is -0.373 e. The molecule has 0 radical (unpaired) electrons. The van der Waals surface area contributed by atoms with Crippen molar-refractivity contribution in [3.05, 3.63) is 77.4 Å². The molecule has 34 heavy (non-hydrogen) atoms. The maximum absolute atomic E-state index is 13.7. The molecule has 0 heterocycles. The third-order valence-corrected chi connectivity index (χ3v) is 7.67. The van der Waals surface area contributed by atoms with Crippen molar-refractivity contribution in [2.45, 2.75) is 69.9 Å². The highest BCUT2D eigenvalue weighted by Crippen LogP contribution is 2.33. The largest absolute Gasteiger partial charge is 0.373 e. The number of anilines is 1. The van der Waals surface area contributed by atoms with Gasteiger partial charge in [-0.1, -0.05) is 80.6 Å². The second-order valence-corrected chi connectivity index (χ2v) is 9.91. The minimum atomic E-state index is -0.298. The molecule has 3 aromatic rings. The van der Waals surface area contributed by atoms with E-state index in [0.29, 0.717) is 11.5 Å². The second-order valence-electron chi connectivity index (χ2n) is 9.91. The first-order valence-electron chi connectivity index (χ1n) is 12.8. The van der Waals surface area contributed by atoms with Crippen LogP contribution in [0.2, 0.25) is 0 Å². The standard InChI is InChI=1S/C30H33N3O/c31-20-23-17-18-28(26-15-7-6-13-24(23)26)32-29(19-21-9-2-1-3-10-21)30(34)33-27-16-8-12-22-11-4-5-14-25(22)27/h4-7,11,13-15,17-18,21,27,29,32H,1-3,8-10,12,16,19H2,(H,33,34)/t27-,29+/m1/s1. The Balaban J connectivity index is 1.42. The lowest BCUT2D eigenvalue weighted by Crippen LogP contribution is -2.43. The Morgan fingerprint density at radius 3 is 2.50 bits per heavy atom. The smallest absolute Gasteiger partial charge is 0.242 e. The number of nitrogens with one attached hydrogen (secondary N) is 2. The molecule has 0 aromatic heterocycles. The van der Waals surface area contributed by atoms with Crippen molar-refractivity contribution in [2.24, 2.45) is 5.92 Å². The summed E-state index contributed by atoms with van der Waals surface area (Å²) in [5.41, 5.74) is 4.21. The Morgan fingerprint density at radius 1 is 0.912 bits per heavy atom. The molecule has 1 saturated carbocycles. The predicted molar refractivity (Wildman–Crippen MR) is 138 cm³/mol. The molecular weight excluding hydrogens is 418 g/mol. The van der Waals surface area contributed by atoms with Crippen molar-refractivity contribution >= 4 is 22.4 Å². The summed E-state index contributed by atoms with van der Waals surface area (Å²) in [6.45, 7) is 0. The van der Waals surface area contributed by atoms with Gasteiger partial charge in [0.2, 0.25) is 5.91 Å². The topological polar surface area (TPSA) is 64.9 Å². The van der Waals surface area contributed by atoms with Crippen LogP contribution in [0.1, 0.15) is 74.1 Å². The number of nitriles is 1. The van der Waals surface area contributed by atoms with Crippen LogP contribution in [0.3, 0.4) is 0 Å². The molecule has 2 aliphatic carbocycles. The van der Waals surface area contributed by atoms with Crippen molar-refractivity contribution in [3.63, 3.8) is 0 Å². The first kappa shape index (κ1) is 22.5. The summed E-state index contributed by atoms with van der Waals surface area (Å²) in [6.07, 6.45) is 10.2. The first-order valence-corrected chi connectivity index (χ1v) is 12.8. The summed E-state index contributed by atoms with van der Waals surface area (Å²) in [5.74, 6) is 0.654. The van der Waals surface area contributed by atoms with Gasteiger partial charge in [0.25, 0.3) is 0 Å². The molecule has 1 fully saturated rings. The lowest BCUT2D eigenvalue weighted by Gasteiger charge is -2.31. The van der Waals surface area contributed by atoms with Crippen molar-refractivity contribution in [2.75, 3.05) is 5.32 Å². The third kappa shape index (κ3) is 4.80. The fraction of sp³-hybridized carbons (Fsp3) is 0.400. The average Bonchev–Trinajstić information content (AvgIpc) is 2.89. The van der Waals surface area contributed by atoms with Gasteiger partial charge in [-0.25, -0.2) is 0 Å². The number of fused-ring (bicyclic) bond motifs is 2. The highest BCUT2D eigenvalue weighted by Gasteiger charge is 2.28. The molecule has 0 aliphatic heterocycles. The SMILES string of the molecule is N#Cc1ccc(N[C@@H](CC2CCCCC2)C(=O)N[C@@H]2CCCc3ccccc32)c2ccccc12. The van der Waals surface area contributed by atoms with E-state index in [4.69, 9.17) is 0 Å². The highest BCUT2D eigenvalue weighted by atomic mass is 16.2. The van der Waals surface area contributed by atoms with Crippen molar-refractivity contribution in [1.82, 2.24) is 5.32 Å². The number of hydrogen-bond acceptors (Lipinski definition) is 3. The van der Waals surface area contributed by atoms with E-state index in [1.165, 1.54) is 43.2 Å². The van der Waals surface area contributed by atoms with Gasteiger partial charge >= 0.3 is 0 Å². The lowest BCUT2D eigenvalue weighted by atomic mass is 9.84. The normalized spacial score (nSPS) is 19.1. The van der Waals surface area contributed by atoms with E-state index in [2.05, 4.69) is 41.0 Å². The van der Waals surface area contributed by atoms with Gasteiger partial charge in [0.05, 0.1) is 17.7 Å². The van der Waals surface area contributed by atoms with Gasteiger partial charge in [-0.15, -0.1) is 0 Å². The van der Waals surface area contributed by atoms with Crippen LogP contribution in [0.5, 0.6) is 0 Å². The van der Waals surface area contributed by atoms with Gasteiger partial charge in [-0.3, -0.25) is 4.79 Å². The number of nitrogens with zero attached hydrogens (tertiary/aromatic N) is 1. The summed E-state index contributed by atoms with van der Waals surface area (Å²) in [4.78, 5) is 13.7. The van der Waals surface area contributed by atoms with E-state index < -0.39 is 0 Å². The maximum atomic E-state index is 13.7. The molecule has 0 saturated heterocycles. The number of amides is 1. The van der Waals surface area contributed by atoms with Crippen LogP contribution in [0, 0.1) is 17.2 Å². The van der Waals surface area contributed by atoms with Crippen LogP contribution >= 0.6 is 0 Å². The Labute approximate surface area is 202 Å². The molecule has 3 aromatic carbocycles. The number of carbonyl (C=O) groups is 1. The number of benzene rings is 3. The number of hydrogen-bond donors (Lipinski definition) is 2. The Kier molecular flexibility index (Phi) is 6.81. The predicted octanol–water partition coefficient (Wildman–Crippen LogP) is 6.66. The van der Waals surface area contributed by atoms with E-state index in [-0.39, 0.29) is 18.0 Å². The molecule has 2 aliphatic rings. The zero-order valence-electron chi connectivity index (χ0n) is 19.7. The van der Waals surface area contributed by atoms with Gasteiger partial charge in [0.1, 0.15) is 6.04 Å². The van der Waals surface area contributed by atoms with E-state index in [1.807, 2.05) is 36.4 Å². The van der Waals surface area contributed by atoms with E-state index >= 15 is 0 Å². The van der Waals surface area contributed by atoms with E-state index in [1.54, 1.807) is 0 Å². The summed E-state index contributed by atoms with van der Waals surface area (Å²) in [6, 6.07) is 22.4. The van der Waals surface area contributed by atoms with Gasteiger partial charge in [-0.05, 0) is 54.9 Å². The first-order chi connectivity index (χ1) is 16.7. The van der Waals surface area contributed by atoms with Crippen LogP contribution in [-0.2, 0) is 11.2 Å². The number of aryl methyl sites for hydroxylation is 1.